The number of nitriles is 1. The Labute approximate surface area is 216 Å². The lowest BCUT2D eigenvalue weighted by Crippen LogP contribution is -2.47. The van der Waals surface area contributed by atoms with E-state index in [0.717, 1.165) is 30.8 Å². The number of nitrogens with one attached hydrogen (secondary N) is 1. The van der Waals surface area contributed by atoms with Crippen LogP contribution in [0.4, 0.5) is 5.69 Å². The maximum absolute atomic E-state index is 9.37. The molecule has 2 aromatic rings. The van der Waals surface area contributed by atoms with Crippen molar-refractivity contribution in [3.63, 3.8) is 0 Å². The number of methoxy groups -OCH3 is 2. The Morgan fingerprint density at radius 1 is 1.20 bits per heavy atom. The van der Waals surface area contributed by atoms with Gasteiger partial charge in [-0.05, 0) is 63.0 Å². The molecule has 0 saturated carbocycles. The number of rotatable bonds is 8. The van der Waals surface area contributed by atoms with Crippen molar-refractivity contribution in [3.8, 4) is 11.8 Å². The van der Waals surface area contributed by atoms with Crippen LogP contribution in [0.2, 0.25) is 10.0 Å². The second-order valence-electron chi connectivity index (χ2n) is 9.07. The van der Waals surface area contributed by atoms with E-state index in [-0.39, 0.29) is 0 Å². The van der Waals surface area contributed by atoms with Crippen molar-refractivity contribution < 1.29 is 14.2 Å². The number of fused-ring (bicyclic) bond motifs is 1. The van der Waals surface area contributed by atoms with Crippen LogP contribution >= 0.6 is 23.2 Å². The molecule has 0 amide bonds. The van der Waals surface area contributed by atoms with Gasteiger partial charge in [-0.3, -0.25) is 4.98 Å². The average Bonchev–Trinajstić information content (AvgIpc) is 2.86. The summed E-state index contributed by atoms with van der Waals surface area (Å²) in [7, 11) is 5.33. The van der Waals surface area contributed by atoms with Crippen molar-refractivity contribution in [2.45, 2.75) is 31.4 Å². The molecule has 2 heterocycles. The molecule has 1 fully saturated rings. The predicted octanol–water partition coefficient (Wildman–Crippen LogP) is 5.37. The van der Waals surface area contributed by atoms with Gasteiger partial charge in [0, 0.05) is 31.9 Å². The monoisotopic (exact) mass is 516 g/mol. The van der Waals surface area contributed by atoms with Crippen molar-refractivity contribution in [1.82, 2.24) is 9.88 Å². The summed E-state index contributed by atoms with van der Waals surface area (Å²) in [5.74, 6) is 1.74. The molecule has 7 nitrogen and oxygen atoms in total. The van der Waals surface area contributed by atoms with Gasteiger partial charge in [0.1, 0.15) is 11.8 Å². The summed E-state index contributed by atoms with van der Waals surface area (Å²) in [6, 6.07) is 7.35. The summed E-state index contributed by atoms with van der Waals surface area (Å²) in [6.07, 6.45) is 7.16. The van der Waals surface area contributed by atoms with Crippen molar-refractivity contribution in [2.75, 3.05) is 46.3 Å². The zero-order valence-corrected chi connectivity index (χ0v) is 21.7. The number of aromatic nitrogens is 1. The van der Waals surface area contributed by atoms with Gasteiger partial charge in [0.2, 0.25) is 5.72 Å². The molecule has 0 spiro atoms. The summed E-state index contributed by atoms with van der Waals surface area (Å²) >= 11 is 12.8. The molecule has 35 heavy (non-hydrogen) atoms. The minimum Gasteiger partial charge on any atom is -0.495 e. The summed E-state index contributed by atoms with van der Waals surface area (Å²) < 4.78 is 17.8. The highest BCUT2D eigenvalue weighted by molar-refractivity contribution is 6.37. The largest absolute Gasteiger partial charge is 0.495 e. The number of hydrogen-bond donors (Lipinski definition) is 1. The molecule has 1 aromatic carbocycles. The summed E-state index contributed by atoms with van der Waals surface area (Å²) in [6.45, 7) is 2.80. The molecule has 186 valence electrons. The van der Waals surface area contributed by atoms with E-state index in [1.807, 2.05) is 12.1 Å². The van der Waals surface area contributed by atoms with Gasteiger partial charge in [0.15, 0.2) is 5.76 Å². The third-order valence-electron chi connectivity index (χ3n) is 6.78. The molecule has 1 atom stereocenters. The van der Waals surface area contributed by atoms with Crippen LogP contribution in [0.3, 0.4) is 0 Å². The number of ether oxygens (including phenoxy) is 3. The number of benzene rings is 1. The minimum absolute atomic E-state index is 0.392. The smallest absolute Gasteiger partial charge is 0.201 e. The van der Waals surface area contributed by atoms with Crippen LogP contribution in [-0.2, 0) is 15.9 Å². The standard InChI is InChI=1S/C26H30Cl2N4O3/c1-32-7-4-17(5-8-32)6-9-35-25-13-22-19(10-18(15-29)16-30-22)14-26(25,34-3)31-23-12-24(33-2)21(28)11-20(23)27/h10-13,16-17,31H,4-9,14H2,1-3H3. The first-order chi connectivity index (χ1) is 16.9. The zero-order valence-electron chi connectivity index (χ0n) is 20.2. The predicted molar refractivity (Wildman–Crippen MR) is 138 cm³/mol. The zero-order chi connectivity index (χ0) is 25.0. The number of hydrogen-bond acceptors (Lipinski definition) is 7. The molecule has 4 rings (SSSR count). The van der Waals surface area contributed by atoms with E-state index in [2.05, 4.69) is 28.3 Å². The van der Waals surface area contributed by atoms with Crippen LogP contribution in [-0.4, -0.2) is 56.6 Å². The number of nitrogens with zero attached hydrogens (tertiary/aromatic N) is 3. The second-order valence-corrected chi connectivity index (χ2v) is 9.89. The molecule has 9 heteroatoms. The molecule has 1 N–H and O–H groups in total. The van der Waals surface area contributed by atoms with Crippen LogP contribution in [0.5, 0.6) is 5.75 Å². The summed E-state index contributed by atoms with van der Waals surface area (Å²) in [4.78, 5) is 6.84. The highest BCUT2D eigenvalue weighted by Gasteiger charge is 2.41. The molecule has 1 aliphatic carbocycles. The third kappa shape index (κ3) is 5.68. The molecule has 1 unspecified atom stereocenters. The molecular weight excluding hydrogens is 487 g/mol. The molecule has 1 aromatic heterocycles. The van der Waals surface area contributed by atoms with Gasteiger partial charge in [0.25, 0.3) is 0 Å². The maximum Gasteiger partial charge on any atom is 0.201 e. The first kappa shape index (κ1) is 25.6. The fraction of sp³-hybridized carbons (Fsp3) is 0.462. The Balaban J connectivity index is 1.63. The summed E-state index contributed by atoms with van der Waals surface area (Å²) in [5.41, 5.74) is 1.65. The van der Waals surface area contributed by atoms with Crippen LogP contribution < -0.4 is 10.1 Å². The van der Waals surface area contributed by atoms with Crippen LogP contribution in [0.1, 0.15) is 36.1 Å². The molecule has 1 saturated heterocycles. The quantitative estimate of drug-likeness (QED) is 0.472. The van der Waals surface area contributed by atoms with E-state index in [0.29, 0.717) is 51.8 Å². The van der Waals surface area contributed by atoms with E-state index >= 15 is 0 Å². The average molecular weight is 517 g/mol. The number of anilines is 1. The Morgan fingerprint density at radius 3 is 2.66 bits per heavy atom. The maximum atomic E-state index is 9.37. The van der Waals surface area contributed by atoms with Gasteiger partial charge in [-0.1, -0.05) is 23.2 Å². The number of likely N-dealkylation sites (tertiary alicyclic amines) is 1. The van der Waals surface area contributed by atoms with Gasteiger partial charge in [-0.25, -0.2) is 0 Å². The van der Waals surface area contributed by atoms with Crippen molar-refractivity contribution >= 4 is 35.0 Å². The Bertz CT molecular complexity index is 1140. The van der Waals surface area contributed by atoms with Crippen molar-refractivity contribution in [2.24, 2.45) is 5.92 Å². The lowest BCUT2D eigenvalue weighted by Gasteiger charge is -2.39. The first-order valence-electron chi connectivity index (χ1n) is 11.7. The highest BCUT2D eigenvalue weighted by atomic mass is 35.5. The third-order valence-corrected chi connectivity index (χ3v) is 7.39. The van der Waals surface area contributed by atoms with E-state index < -0.39 is 5.72 Å². The minimum atomic E-state index is -1.06. The van der Waals surface area contributed by atoms with Gasteiger partial charge >= 0.3 is 0 Å². The van der Waals surface area contributed by atoms with Crippen LogP contribution in [0, 0.1) is 17.2 Å². The number of piperidine rings is 1. The number of pyridine rings is 1. The first-order valence-corrected chi connectivity index (χ1v) is 12.4. The van der Waals surface area contributed by atoms with E-state index in [1.54, 1.807) is 32.5 Å². The van der Waals surface area contributed by atoms with Crippen LogP contribution in [0.15, 0.2) is 30.2 Å². The van der Waals surface area contributed by atoms with Gasteiger partial charge in [-0.2, -0.15) is 5.26 Å². The highest BCUT2D eigenvalue weighted by Crippen LogP contribution is 2.40. The Hall–Kier alpha value is -2.50. The molecule has 1 aliphatic heterocycles. The SMILES string of the molecule is COc1cc(NC2(OC)Cc3cc(C#N)cnc3C=C2OCCC2CCN(C)CC2)c(Cl)cc1Cl. The van der Waals surface area contributed by atoms with Crippen LogP contribution in [0.25, 0.3) is 6.08 Å². The van der Waals surface area contributed by atoms with E-state index in [9.17, 15) is 5.26 Å². The lowest BCUT2D eigenvalue weighted by molar-refractivity contribution is -0.00937. The normalized spacial score (nSPS) is 20.5. The van der Waals surface area contributed by atoms with Gasteiger partial charge in [0.05, 0.1) is 40.7 Å². The second kappa shape index (κ2) is 11.0. The molecule has 0 radical (unpaired) electrons. The van der Waals surface area contributed by atoms with E-state index in [1.165, 1.54) is 12.8 Å². The Morgan fingerprint density at radius 2 is 1.97 bits per heavy atom. The summed E-state index contributed by atoms with van der Waals surface area (Å²) in [5, 5.41) is 13.6. The lowest BCUT2D eigenvalue weighted by atomic mass is 9.91. The Kier molecular flexibility index (Phi) is 8.08. The van der Waals surface area contributed by atoms with Gasteiger partial charge < -0.3 is 24.4 Å². The molecule has 0 bridgehead atoms. The fourth-order valence-electron chi connectivity index (χ4n) is 4.62. The molecular formula is C26H30Cl2N4O3. The number of halogens is 2. The fourth-order valence-corrected chi connectivity index (χ4v) is 5.13. The molecule has 2 aliphatic rings. The van der Waals surface area contributed by atoms with Crippen molar-refractivity contribution in [3.05, 3.63) is 57.0 Å². The van der Waals surface area contributed by atoms with E-state index in [4.69, 9.17) is 37.4 Å². The van der Waals surface area contributed by atoms with Gasteiger partial charge in [-0.15, -0.1) is 0 Å². The van der Waals surface area contributed by atoms with Crippen molar-refractivity contribution in [1.29, 1.82) is 5.26 Å². The topological polar surface area (TPSA) is 79.6 Å².